The Labute approximate surface area is 169 Å². The van der Waals surface area contributed by atoms with E-state index in [1.807, 2.05) is 54.3 Å². The van der Waals surface area contributed by atoms with E-state index in [0.717, 1.165) is 22.5 Å². The van der Waals surface area contributed by atoms with Gasteiger partial charge in [-0.25, -0.2) is 9.97 Å². The lowest BCUT2D eigenvalue weighted by Gasteiger charge is -2.26. The van der Waals surface area contributed by atoms with E-state index in [1.165, 1.54) is 0 Å². The topological polar surface area (TPSA) is 80.2 Å². The largest absolute Gasteiger partial charge is 0.378 e. The van der Waals surface area contributed by atoms with Crippen LogP contribution in [0.4, 0.5) is 11.5 Å². The Morgan fingerprint density at radius 1 is 1.14 bits per heavy atom. The molecule has 3 heterocycles. The van der Waals surface area contributed by atoms with Gasteiger partial charge in [-0.1, -0.05) is 12.1 Å². The molecule has 1 aliphatic rings. The molecule has 1 N–H and O–H groups in total. The Bertz CT molecular complexity index is 970. The lowest BCUT2D eigenvalue weighted by molar-refractivity contribution is -0.134. The first kappa shape index (κ1) is 19.0. The maximum Gasteiger partial charge on any atom is 0.227 e. The number of ether oxygens (including phenoxy) is 1. The molecule has 0 bridgehead atoms. The van der Waals surface area contributed by atoms with Gasteiger partial charge in [-0.3, -0.25) is 9.78 Å². The number of anilines is 2. The monoisotopic (exact) mass is 389 g/mol. The maximum atomic E-state index is 12.4. The number of pyridine rings is 1. The van der Waals surface area contributed by atoms with Gasteiger partial charge in [0.25, 0.3) is 0 Å². The van der Waals surface area contributed by atoms with Crippen molar-refractivity contribution in [2.75, 3.05) is 31.6 Å². The molecule has 7 nitrogen and oxygen atoms in total. The Morgan fingerprint density at radius 2 is 1.93 bits per heavy atom. The van der Waals surface area contributed by atoms with Crippen molar-refractivity contribution in [1.29, 1.82) is 0 Å². The molecule has 1 amide bonds. The molecule has 2 aromatic heterocycles. The first-order valence-electron chi connectivity index (χ1n) is 9.65. The zero-order valence-corrected chi connectivity index (χ0v) is 16.3. The summed E-state index contributed by atoms with van der Waals surface area (Å²) in [5.74, 6) is 1.49. The normalized spacial score (nSPS) is 13.9. The number of aromatic nitrogens is 3. The minimum Gasteiger partial charge on any atom is -0.378 e. The van der Waals surface area contributed by atoms with Crippen molar-refractivity contribution < 1.29 is 9.53 Å². The molecule has 1 fully saturated rings. The Kier molecular flexibility index (Phi) is 5.76. The Balaban J connectivity index is 1.43. The molecular formula is C22H23N5O2. The molecule has 148 valence electrons. The first-order chi connectivity index (χ1) is 14.2. The minimum absolute atomic E-state index is 0.140. The van der Waals surface area contributed by atoms with Crippen LogP contribution in [0.1, 0.15) is 11.3 Å². The van der Waals surface area contributed by atoms with Gasteiger partial charge in [0.15, 0.2) is 5.82 Å². The number of aryl methyl sites for hydroxylation is 1. The summed E-state index contributed by atoms with van der Waals surface area (Å²) in [5.41, 5.74) is 3.63. The number of amides is 1. The highest BCUT2D eigenvalue weighted by molar-refractivity contribution is 5.79. The summed E-state index contributed by atoms with van der Waals surface area (Å²) in [6.45, 7) is 4.52. The molecule has 3 aromatic rings. The van der Waals surface area contributed by atoms with E-state index in [0.29, 0.717) is 44.4 Å². The molecule has 0 atom stereocenters. The average molecular weight is 389 g/mol. The molecule has 0 saturated carbocycles. The van der Waals surface area contributed by atoms with Gasteiger partial charge >= 0.3 is 0 Å². The summed E-state index contributed by atoms with van der Waals surface area (Å²) in [4.78, 5) is 27.5. The molecule has 0 radical (unpaired) electrons. The third-order valence-electron chi connectivity index (χ3n) is 4.72. The SMILES string of the molecule is Cc1cc(Nc2ccc(CC(=O)N3CCOCC3)cc2)nc(-c2cccnc2)n1. The second-order valence-corrected chi connectivity index (χ2v) is 6.95. The van der Waals surface area contributed by atoms with Crippen LogP contribution in [0.3, 0.4) is 0 Å². The van der Waals surface area contributed by atoms with E-state index >= 15 is 0 Å². The van der Waals surface area contributed by atoms with Crippen LogP contribution in [0.25, 0.3) is 11.4 Å². The Morgan fingerprint density at radius 3 is 2.66 bits per heavy atom. The Hall–Kier alpha value is -3.32. The van der Waals surface area contributed by atoms with Crippen LogP contribution in [-0.2, 0) is 16.0 Å². The number of hydrogen-bond donors (Lipinski definition) is 1. The summed E-state index contributed by atoms with van der Waals surface area (Å²) in [6, 6.07) is 13.6. The van der Waals surface area contributed by atoms with Crippen molar-refractivity contribution in [3.8, 4) is 11.4 Å². The zero-order valence-electron chi connectivity index (χ0n) is 16.3. The molecule has 0 aliphatic carbocycles. The quantitative estimate of drug-likeness (QED) is 0.723. The van der Waals surface area contributed by atoms with Crippen LogP contribution >= 0.6 is 0 Å². The number of benzene rings is 1. The van der Waals surface area contributed by atoms with Gasteiger partial charge in [0.1, 0.15) is 5.82 Å². The van der Waals surface area contributed by atoms with Gasteiger partial charge in [0.05, 0.1) is 19.6 Å². The van der Waals surface area contributed by atoms with E-state index in [4.69, 9.17) is 4.74 Å². The van der Waals surface area contributed by atoms with Gasteiger partial charge in [-0.15, -0.1) is 0 Å². The average Bonchev–Trinajstić information content (AvgIpc) is 2.76. The third kappa shape index (κ3) is 4.94. The fourth-order valence-corrected chi connectivity index (χ4v) is 3.21. The summed E-state index contributed by atoms with van der Waals surface area (Å²) in [7, 11) is 0. The molecule has 29 heavy (non-hydrogen) atoms. The van der Waals surface area contributed by atoms with E-state index in [1.54, 1.807) is 12.4 Å². The number of morpholine rings is 1. The lowest BCUT2D eigenvalue weighted by atomic mass is 10.1. The molecule has 1 aliphatic heterocycles. The van der Waals surface area contributed by atoms with Crippen LogP contribution in [0.5, 0.6) is 0 Å². The highest BCUT2D eigenvalue weighted by Gasteiger charge is 2.16. The highest BCUT2D eigenvalue weighted by atomic mass is 16.5. The molecule has 0 spiro atoms. The van der Waals surface area contributed by atoms with Gasteiger partial charge in [-0.05, 0) is 36.8 Å². The van der Waals surface area contributed by atoms with E-state index < -0.39 is 0 Å². The van der Waals surface area contributed by atoms with Crippen LogP contribution in [0.15, 0.2) is 54.9 Å². The highest BCUT2D eigenvalue weighted by Crippen LogP contribution is 2.20. The van der Waals surface area contributed by atoms with Crippen LogP contribution in [0, 0.1) is 6.92 Å². The molecule has 0 unspecified atom stereocenters. The fraction of sp³-hybridized carbons (Fsp3) is 0.273. The van der Waals surface area contributed by atoms with Gasteiger partial charge < -0.3 is 15.0 Å². The maximum absolute atomic E-state index is 12.4. The molecule has 1 saturated heterocycles. The van der Waals surface area contributed by atoms with Crippen LogP contribution in [-0.4, -0.2) is 52.1 Å². The number of rotatable bonds is 5. The van der Waals surface area contributed by atoms with Crippen LogP contribution in [0.2, 0.25) is 0 Å². The molecule has 1 aromatic carbocycles. The van der Waals surface area contributed by atoms with E-state index in [-0.39, 0.29) is 5.91 Å². The summed E-state index contributed by atoms with van der Waals surface area (Å²) in [5, 5.41) is 3.32. The van der Waals surface area contributed by atoms with Crippen molar-refractivity contribution in [3.05, 3.63) is 66.1 Å². The van der Waals surface area contributed by atoms with Crippen molar-refractivity contribution >= 4 is 17.4 Å². The molecule has 4 rings (SSSR count). The van der Waals surface area contributed by atoms with E-state index in [2.05, 4.69) is 20.3 Å². The van der Waals surface area contributed by atoms with Gasteiger partial charge in [-0.2, -0.15) is 0 Å². The number of hydrogen-bond acceptors (Lipinski definition) is 6. The third-order valence-corrected chi connectivity index (χ3v) is 4.72. The number of nitrogens with zero attached hydrogens (tertiary/aromatic N) is 4. The van der Waals surface area contributed by atoms with Crippen molar-refractivity contribution in [1.82, 2.24) is 19.9 Å². The van der Waals surface area contributed by atoms with Gasteiger partial charge in [0, 0.05) is 48.5 Å². The summed E-state index contributed by atoms with van der Waals surface area (Å²) < 4.78 is 5.30. The van der Waals surface area contributed by atoms with Gasteiger partial charge in [0.2, 0.25) is 5.91 Å². The fourth-order valence-electron chi connectivity index (χ4n) is 3.21. The summed E-state index contributed by atoms with van der Waals surface area (Å²) in [6.07, 6.45) is 3.88. The second-order valence-electron chi connectivity index (χ2n) is 6.95. The predicted molar refractivity (Wildman–Crippen MR) is 111 cm³/mol. The number of carbonyl (C=O) groups is 1. The standard InChI is InChI=1S/C22H23N5O2/c1-16-13-20(26-22(24-16)18-3-2-8-23-15-18)25-19-6-4-17(5-7-19)14-21(28)27-9-11-29-12-10-27/h2-8,13,15H,9-12,14H2,1H3,(H,24,25,26). The van der Waals surface area contributed by atoms with Crippen LogP contribution < -0.4 is 5.32 Å². The minimum atomic E-state index is 0.140. The smallest absolute Gasteiger partial charge is 0.227 e. The number of carbonyl (C=O) groups excluding carboxylic acids is 1. The first-order valence-corrected chi connectivity index (χ1v) is 9.65. The van der Waals surface area contributed by atoms with Crippen molar-refractivity contribution in [3.63, 3.8) is 0 Å². The molecule has 7 heteroatoms. The second kappa shape index (κ2) is 8.79. The summed E-state index contributed by atoms with van der Waals surface area (Å²) >= 11 is 0. The number of nitrogens with one attached hydrogen (secondary N) is 1. The van der Waals surface area contributed by atoms with E-state index in [9.17, 15) is 4.79 Å². The van der Waals surface area contributed by atoms with Crippen molar-refractivity contribution in [2.45, 2.75) is 13.3 Å². The lowest BCUT2D eigenvalue weighted by Crippen LogP contribution is -2.41. The predicted octanol–water partition coefficient (Wildman–Crippen LogP) is 2.99. The molecular weight excluding hydrogens is 366 g/mol. The zero-order chi connectivity index (χ0) is 20.1. The van der Waals surface area contributed by atoms with Crippen molar-refractivity contribution in [2.24, 2.45) is 0 Å².